The van der Waals surface area contributed by atoms with Crippen LogP contribution in [0.25, 0.3) is 10.8 Å². The van der Waals surface area contributed by atoms with E-state index in [4.69, 9.17) is 0 Å². The molecule has 3 heteroatoms. The Morgan fingerprint density at radius 2 is 1.65 bits per heavy atom. The number of thioether (sulfide) groups is 1. The van der Waals surface area contributed by atoms with Crippen molar-refractivity contribution < 1.29 is 4.79 Å². The highest BCUT2D eigenvalue weighted by Crippen LogP contribution is 2.27. The highest BCUT2D eigenvalue weighted by molar-refractivity contribution is 8.00. The van der Waals surface area contributed by atoms with Gasteiger partial charge in [-0.2, -0.15) is 0 Å². The second-order valence-electron chi connectivity index (χ2n) is 5.47. The number of rotatable bonds is 5. The first kappa shape index (κ1) is 15.6. The third kappa shape index (κ3) is 4.14. The minimum atomic E-state index is -0.125. The van der Waals surface area contributed by atoms with Crippen LogP contribution < -0.4 is 5.32 Å². The molecule has 0 aliphatic carbocycles. The summed E-state index contributed by atoms with van der Waals surface area (Å²) >= 11 is 1.59. The Hall–Kier alpha value is -2.26. The van der Waals surface area contributed by atoms with Gasteiger partial charge in [0.1, 0.15) is 0 Å². The Kier molecular flexibility index (Phi) is 4.99. The number of amides is 1. The molecule has 0 aliphatic rings. The van der Waals surface area contributed by atoms with Gasteiger partial charge in [0.05, 0.1) is 5.25 Å². The van der Waals surface area contributed by atoms with Crippen LogP contribution in [0, 0.1) is 0 Å². The van der Waals surface area contributed by atoms with E-state index in [0.29, 0.717) is 6.54 Å². The van der Waals surface area contributed by atoms with E-state index in [0.717, 1.165) is 10.5 Å². The Morgan fingerprint density at radius 1 is 0.957 bits per heavy atom. The lowest BCUT2D eigenvalue weighted by molar-refractivity contribution is -0.120. The van der Waals surface area contributed by atoms with Gasteiger partial charge < -0.3 is 5.32 Å². The Morgan fingerprint density at radius 3 is 2.43 bits per heavy atom. The maximum absolute atomic E-state index is 12.3. The van der Waals surface area contributed by atoms with Gasteiger partial charge in [0.25, 0.3) is 0 Å². The maximum atomic E-state index is 12.3. The van der Waals surface area contributed by atoms with Crippen LogP contribution in [0.3, 0.4) is 0 Å². The van der Waals surface area contributed by atoms with Gasteiger partial charge in [0.15, 0.2) is 0 Å². The molecule has 0 saturated carbocycles. The van der Waals surface area contributed by atoms with Gasteiger partial charge in [-0.25, -0.2) is 0 Å². The molecule has 1 atom stereocenters. The minimum Gasteiger partial charge on any atom is -0.351 e. The van der Waals surface area contributed by atoms with Gasteiger partial charge in [-0.1, -0.05) is 60.7 Å². The molecule has 0 bridgehead atoms. The van der Waals surface area contributed by atoms with E-state index in [-0.39, 0.29) is 11.2 Å². The Labute approximate surface area is 140 Å². The number of hydrogen-bond acceptors (Lipinski definition) is 2. The number of carbonyl (C=O) groups is 1. The second-order valence-corrected chi connectivity index (χ2v) is 6.89. The summed E-state index contributed by atoms with van der Waals surface area (Å²) in [5.74, 6) is 0.0620. The summed E-state index contributed by atoms with van der Waals surface area (Å²) in [7, 11) is 0. The molecule has 0 aliphatic heterocycles. The van der Waals surface area contributed by atoms with Crippen molar-refractivity contribution in [2.45, 2.75) is 23.6 Å². The van der Waals surface area contributed by atoms with Crippen LogP contribution in [0.2, 0.25) is 0 Å². The van der Waals surface area contributed by atoms with Crippen LogP contribution in [0.15, 0.2) is 77.7 Å². The average molecular weight is 321 g/mol. The molecule has 0 saturated heterocycles. The lowest BCUT2D eigenvalue weighted by atomic mass is 10.1. The predicted octanol–water partition coefficient (Wildman–Crippen LogP) is 4.64. The van der Waals surface area contributed by atoms with E-state index >= 15 is 0 Å². The molecular formula is C20H19NOS. The SMILES string of the molecule is C[C@@H](Sc1ccc2ccccc2c1)C(=O)NCc1ccccc1. The first-order chi connectivity index (χ1) is 11.2. The zero-order valence-electron chi connectivity index (χ0n) is 13.0. The van der Waals surface area contributed by atoms with Gasteiger partial charge in [0, 0.05) is 11.4 Å². The summed E-state index contributed by atoms with van der Waals surface area (Å²) in [5.41, 5.74) is 1.11. The first-order valence-electron chi connectivity index (χ1n) is 7.69. The molecule has 1 N–H and O–H groups in total. The van der Waals surface area contributed by atoms with Crippen molar-refractivity contribution in [1.29, 1.82) is 0 Å². The molecule has 3 aromatic carbocycles. The Bertz CT molecular complexity index is 801. The zero-order valence-corrected chi connectivity index (χ0v) is 13.8. The standard InChI is InChI=1S/C20H19NOS/c1-15(20(22)21-14-16-7-3-2-4-8-16)23-19-12-11-17-9-5-6-10-18(17)13-19/h2-13,15H,14H2,1H3,(H,21,22)/t15-/m1/s1. The monoisotopic (exact) mass is 321 g/mol. The maximum Gasteiger partial charge on any atom is 0.233 e. The third-order valence-electron chi connectivity index (χ3n) is 3.71. The first-order valence-corrected chi connectivity index (χ1v) is 8.57. The van der Waals surface area contributed by atoms with Crippen molar-refractivity contribution in [1.82, 2.24) is 5.32 Å². The number of nitrogens with one attached hydrogen (secondary N) is 1. The Balaban J connectivity index is 1.60. The lowest BCUT2D eigenvalue weighted by Gasteiger charge is -2.12. The molecule has 3 rings (SSSR count). The van der Waals surface area contributed by atoms with Gasteiger partial charge in [-0.15, -0.1) is 11.8 Å². The highest BCUT2D eigenvalue weighted by Gasteiger charge is 2.14. The molecular weight excluding hydrogens is 302 g/mol. The summed E-state index contributed by atoms with van der Waals surface area (Å²) in [5, 5.41) is 5.29. The number of hydrogen-bond donors (Lipinski definition) is 1. The molecule has 3 aromatic rings. The number of fused-ring (bicyclic) bond motifs is 1. The molecule has 23 heavy (non-hydrogen) atoms. The van der Waals surface area contributed by atoms with E-state index in [1.54, 1.807) is 11.8 Å². The molecule has 0 radical (unpaired) electrons. The van der Waals surface area contributed by atoms with Crippen LogP contribution in [0.5, 0.6) is 0 Å². The van der Waals surface area contributed by atoms with E-state index < -0.39 is 0 Å². The fraction of sp³-hybridized carbons (Fsp3) is 0.150. The summed E-state index contributed by atoms with van der Waals surface area (Å²) < 4.78 is 0. The predicted molar refractivity (Wildman–Crippen MR) is 97.6 cm³/mol. The summed E-state index contributed by atoms with van der Waals surface area (Å²) in [6.45, 7) is 2.52. The van der Waals surface area contributed by atoms with Crippen molar-refractivity contribution in [3.63, 3.8) is 0 Å². The van der Waals surface area contributed by atoms with Crippen molar-refractivity contribution in [3.8, 4) is 0 Å². The minimum absolute atomic E-state index is 0.0620. The van der Waals surface area contributed by atoms with E-state index in [1.165, 1.54) is 10.8 Å². The van der Waals surface area contributed by atoms with Crippen molar-refractivity contribution in [2.75, 3.05) is 0 Å². The van der Waals surface area contributed by atoms with Crippen LogP contribution in [0.4, 0.5) is 0 Å². The topological polar surface area (TPSA) is 29.1 Å². The summed E-state index contributed by atoms with van der Waals surface area (Å²) in [6, 6.07) is 24.6. The third-order valence-corrected chi connectivity index (χ3v) is 4.81. The van der Waals surface area contributed by atoms with Gasteiger partial charge in [-0.05, 0) is 35.4 Å². The van der Waals surface area contributed by atoms with Crippen LogP contribution in [-0.4, -0.2) is 11.2 Å². The molecule has 116 valence electrons. The fourth-order valence-electron chi connectivity index (χ4n) is 2.43. The molecule has 0 spiro atoms. The molecule has 1 amide bonds. The summed E-state index contributed by atoms with van der Waals surface area (Å²) in [6.07, 6.45) is 0. The van der Waals surface area contributed by atoms with Crippen molar-refractivity contribution in [3.05, 3.63) is 78.4 Å². The molecule has 0 fully saturated rings. The largest absolute Gasteiger partial charge is 0.351 e. The smallest absolute Gasteiger partial charge is 0.233 e. The quantitative estimate of drug-likeness (QED) is 0.694. The number of carbonyl (C=O) groups excluding carboxylic acids is 1. The van der Waals surface area contributed by atoms with Crippen LogP contribution in [0.1, 0.15) is 12.5 Å². The lowest BCUT2D eigenvalue weighted by Crippen LogP contribution is -2.30. The van der Waals surface area contributed by atoms with Gasteiger partial charge in [-0.3, -0.25) is 4.79 Å². The molecule has 0 aromatic heterocycles. The highest BCUT2D eigenvalue weighted by atomic mass is 32.2. The molecule has 2 nitrogen and oxygen atoms in total. The van der Waals surface area contributed by atoms with Crippen LogP contribution in [-0.2, 0) is 11.3 Å². The second kappa shape index (κ2) is 7.34. The summed E-state index contributed by atoms with van der Waals surface area (Å²) in [4.78, 5) is 13.4. The number of benzene rings is 3. The molecule has 0 heterocycles. The zero-order chi connectivity index (χ0) is 16.1. The average Bonchev–Trinajstić information content (AvgIpc) is 2.60. The van der Waals surface area contributed by atoms with E-state index in [1.807, 2.05) is 49.4 Å². The van der Waals surface area contributed by atoms with Crippen molar-refractivity contribution >= 4 is 28.4 Å². The van der Waals surface area contributed by atoms with Gasteiger partial charge >= 0.3 is 0 Å². The van der Waals surface area contributed by atoms with E-state index in [2.05, 4.69) is 35.6 Å². The van der Waals surface area contributed by atoms with E-state index in [9.17, 15) is 4.79 Å². The fourth-order valence-corrected chi connectivity index (χ4v) is 3.37. The normalized spacial score (nSPS) is 12.0. The van der Waals surface area contributed by atoms with Crippen molar-refractivity contribution in [2.24, 2.45) is 0 Å². The molecule has 0 unspecified atom stereocenters. The van der Waals surface area contributed by atoms with Gasteiger partial charge in [0.2, 0.25) is 5.91 Å². The van der Waals surface area contributed by atoms with Crippen LogP contribution >= 0.6 is 11.8 Å².